The van der Waals surface area contributed by atoms with Crippen molar-refractivity contribution in [2.75, 3.05) is 46.1 Å². The van der Waals surface area contributed by atoms with E-state index in [9.17, 15) is 9.59 Å². The van der Waals surface area contributed by atoms with E-state index in [-0.39, 0.29) is 11.8 Å². The number of ether oxygens (including phenoxy) is 2. The maximum absolute atomic E-state index is 11.5. The molecular formula is C16H32N2O6. The Labute approximate surface area is 144 Å². The third-order valence-electron chi connectivity index (χ3n) is 2.66. The second-order valence-electron chi connectivity index (χ2n) is 4.91. The van der Waals surface area contributed by atoms with Crippen molar-refractivity contribution in [2.24, 2.45) is 0 Å². The van der Waals surface area contributed by atoms with Crippen LogP contribution in [-0.2, 0) is 23.9 Å². The van der Waals surface area contributed by atoms with Crippen LogP contribution in [-0.4, -0.2) is 73.9 Å². The van der Waals surface area contributed by atoms with E-state index in [1.807, 2.05) is 0 Å². The van der Waals surface area contributed by atoms with Gasteiger partial charge in [0.25, 0.3) is 5.97 Å². The molecule has 0 rings (SSSR count). The van der Waals surface area contributed by atoms with E-state index in [2.05, 4.69) is 12.2 Å². The van der Waals surface area contributed by atoms with Gasteiger partial charge in [0.2, 0.25) is 11.8 Å². The zero-order valence-electron chi connectivity index (χ0n) is 15.3. The highest BCUT2D eigenvalue weighted by Crippen LogP contribution is 1.95. The average Bonchev–Trinajstić information content (AvgIpc) is 2.51. The standard InChI is InChI=1S/C14H28N2O4.C2H4O2/c1-4-6-15-7-9-19-11-12-20-10-8-16(13(3)17)14(18)5-2;1-2(3)4/h15H,4-12H2,1-3H3;1H3,(H,3,4). The van der Waals surface area contributed by atoms with Gasteiger partial charge in [-0.25, -0.2) is 0 Å². The fraction of sp³-hybridized carbons (Fsp3) is 0.812. The molecule has 0 bridgehead atoms. The first kappa shape index (κ1) is 24.7. The van der Waals surface area contributed by atoms with E-state index in [0.717, 1.165) is 26.4 Å². The SMILES string of the molecule is CC(=O)O.CCCNCCOCCOCCN(C(C)=O)C(=O)CC. The fourth-order valence-corrected chi connectivity index (χ4v) is 1.57. The molecular weight excluding hydrogens is 316 g/mol. The van der Waals surface area contributed by atoms with Crippen molar-refractivity contribution >= 4 is 17.8 Å². The molecule has 0 aliphatic rings. The maximum Gasteiger partial charge on any atom is 0.300 e. The molecule has 0 aromatic carbocycles. The lowest BCUT2D eigenvalue weighted by molar-refractivity contribution is -0.144. The van der Waals surface area contributed by atoms with Crippen LogP contribution < -0.4 is 5.32 Å². The number of hydrogen-bond donors (Lipinski definition) is 2. The average molecular weight is 348 g/mol. The molecule has 0 atom stereocenters. The first-order valence-electron chi connectivity index (χ1n) is 8.23. The summed E-state index contributed by atoms with van der Waals surface area (Å²) >= 11 is 0. The minimum Gasteiger partial charge on any atom is -0.481 e. The normalized spacial score (nSPS) is 9.83. The smallest absolute Gasteiger partial charge is 0.300 e. The summed E-state index contributed by atoms with van der Waals surface area (Å²) in [6.07, 6.45) is 1.44. The molecule has 8 heteroatoms. The van der Waals surface area contributed by atoms with Crippen LogP contribution in [0, 0.1) is 0 Å². The van der Waals surface area contributed by atoms with Crippen LogP contribution in [0.3, 0.4) is 0 Å². The van der Waals surface area contributed by atoms with Gasteiger partial charge in [-0.05, 0) is 13.0 Å². The van der Waals surface area contributed by atoms with Gasteiger partial charge in [-0.1, -0.05) is 13.8 Å². The molecule has 0 spiro atoms. The Balaban J connectivity index is 0. The quantitative estimate of drug-likeness (QED) is 0.505. The summed E-state index contributed by atoms with van der Waals surface area (Å²) in [5.74, 6) is -1.24. The molecule has 0 radical (unpaired) electrons. The van der Waals surface area contributed by atoms with Crippen molar-refractivity contribution in [3.05, 3.63) is 0 Å². The molecule has 0 saturated carbocycles. The number of carbonyl (C=O) groups excluding carboxylic acids is 2. The Hall–Kier alpha value is -1.51. The molecule has 0 fully saturated rings. The summed E-state index contributed by atoms with van der Waals surface area (Å²) in [5.41, 5.74) is 0. The van der Waals surface area contributed by atoms with Gasteiger partial charge in [0.05, 0.1) is 33.0 Å². The molecule has 142 valence electrons. The molecule has 0 aromatic rings. The zero-order valence-corrected chi connectivity index (χ0v) is 15.3. The van der Waals surface area contributed by atoms with Crippen LogP contribution in [0.15, 0.2) is 0 Å². The Bertz CT molecular complexity index is 345. The number of aliphatic carboxylic acids is 1. The maximum atomic E-state index is 11.5. The Morgan fingerprint density at radius 3 is 1.96 bits per heavy atom. The van der Waals surface area contributed by atoms with E-state index in [0.29, 0.717) is 39.4 Å². The predicted octanol–water partition coefficient (Wildman–Crippen LogP) is 0.895. The van der Waals surface area contributed by atoms with Crippen LogP contribution in [0.4, 0.5) is 0 Å². The van der Waals surface area contributed by atoms with E-state index in [1.165, 1.54) is 11.8 Å². The van der Waals surface area contributed by atoms with E-state index in [1.54, 1.807) is 6.92 Å². The Kier molecular flexibility index (Phi) is 18.4. The van der Waals surface area contributed by atoms with Crippen molar-refractivity contribution in [1.29, 1.82) is 0 Å². The molecule has 2 N–H and O–H groups in total. The Morgan fingerprint density at radius 2 is 1.50 bits per heavy atom. The van der Waals surface area contributed by atoms with Gasteiger partial charge in [0.15, 0.2) is 0 Å². The second-order valence-corrected chi connectivity index (χ2v) is 4.91. The molecule has 0 aromatic heterocycles. The van der Waals surface area contributed by atoms with Crippen molar-refractivity contribution < 1.29 is 29.0 Å². The van der Waals surface area contributed by atoms with Gasteiger partial charge in [-0.15, -0.1) is 0 Å². The topological polar surface area (TPSA) is 105 Å². The van der Waals surface area contributed by atoms with E-state index < -0.39 is 5.97 Å². The fourth-order valence-electron chi connectivity index (χ4n) is 1.57. The largest absolute Gasteiger partial charge is 0.481 e. The Morgan fingerprint density at radius 1 is 0.958 bits per heavy atom. The number of carboxylic acid groups (broad SMARTS) is 1. The zero-order chi connectivity index (χ0) is 18.8. The monoisotopic (exact) mass is 348 g/mol. The van der Waals surface area contributed by atoms with Gasteiger partial charge in [0.1, 0.15) is 0 Å². The molecule has 0 saturated heterocycles. The number of amides is 2. The summed E-state index contributed by atoms with van der Waals surface area (Å²) < 4.78 is 10.7. The lowest BCUT2D eigenvalue weighted by atomic mass is 10.4. The minimum atomic E-state index is -0.833. The summed E-state index contributed by atoms with van der Waals surface area (Å²) in [7, 11) is 0. The van der Waals surface area contributed by atoms with Crippen molar-refractivity contribution in [3.63, 3.8) is 0 Å². The van der Waals surface area contributed by atoms with Crippen molar-refractivity contribution in [3.8, 4) is 0 Å². The summed E-state index contributed by atoms with van der Waals surface area (Å²) in [6.45, 7) is 10.5. The van der Waals surface area contributed by atoms with Gasteiger partial charge < -0.3 is 19.9 Å². The van der Waals surface area contributed by atoms with E-state index >= 15 is 0 Å². The minimum absolute atomic E-state index is 0.167. The summed E-state index contributed by atoms with van der Waals surface area (Å²) in [6, 6.07) is 0. The molecule has 0 aliphatic heterocycles. The van der Waals surface area contributed by atoms with Crippen LogP contribution in [0.25, 0.3) is 0 Å². The number of nitrogens with zero attached hydrogens (tertiary/aromatic N) is 1. The number of carboxylic acids is 1. The number of imide groups is 1. The molecule has 0 heterocycles. The van der Waals surface area contributed by atoms with E-state index in [4.69, 9.17) is 19.4 Å². The first-order valence-corrected chi connectivity index (χ1v) is 8.23. The molecule has 2 amide bonds. The van der Waals surface area contributed by atoms with Crippen LogP contribution in [0.1, 0.15) is 40.5 Å². The second kappa shape index (κ2) is 17.8. The number of hydrogen-bond acceptors (Lipinski definition) is 6. The van der Waals surface area contributed by atoms with Gasteiger partial charge >= 0.3 is 0 Å². The third-order valence-corrected chi connectivity index (χ3v) is 2.66. The van der Waals surface area contributed by atoms with Crippen molar-refractivity contribution in [2.45, 2.75) is 40.5 Å². The number of carbonyl (C=O) groups is 3. The summed E-state index contributed by atoms with van der Waals surface area (Å²) in [5, 5.41) is 10.7. The lowest BCUT2D eigenvalue weighted by Gasteiger charge is -2.18. The summed E-state index contributed by atoms with van der Waals surface area (Å²) in [4.78, 5) is 32.9. The number of rotatable bonds is 12. The first-order chi connectivity index (χ1) is 11.4. The highest BCUT2D eigenvalue weighted by atomic mass is 16.5. The van der Waals surface area contributed by atoms with Crippen LogP contribution >= 0.6 is 0 Å². The van der Waals surface area contributed by atoms with Gasteiger partial charge in [0, 0.05) is 26.8 Å². The molecule has 0 unspecified atom stereocenters. The molecule has 8 nitrogen and oxygen atoms in total. The molecule has 24 heavy (non-hydrogen) atoms. The highest BCUT2D eigenvalue weighted by Gasteiger charge is 2.15. The van der Waals surface area contributed by atoms with Crippen LogP contribution in [0.5, 0.6) is 0 Å². The van der Waals surface area contributed by atoms with Crippen molar-refractivity contribution in [1.82, 2.24) is 10.2 Å². The predicted molar refractivity (Wildman–Crippen MR) is 90.8 cm³/mol. The third kappa shape index (κ3) is 18.5. The van der Waals surface area contributed by atoms with Gasteiger partial charge in [-0.3, -0.25) is 19.3 Å². The highest BCUT2D eigenvalue weighted by molar-refractivity contribution is 5.93. The number of nitrogens with one attached hydrogen (secondary N) is 1. The van der Waals surface area contributed by atoms with Crippen LogP contribution in [0.2, 0.25) is 0 Å². The molecule has 0 aliphatic carbocycles. The lowest BCUT2D eigenvalue weighted by Crippen LogP contribution is -2.37. The van der Waals surface area contributed by atoms with Gasteiger partial charge in [-0.2, -0.15) is 0 Å².